The van der Waals surface area contributed by atoms with E-state index in [4.69, 9.17) is 4.74 Å². The van der Waals surface area contributed by atoms with E-state index >= 15 is 0 Å². The molecule has 10 nitrogen and oxygen atoms in total. The molecular formula is C16H27N5O5S. The number of sulfonamides is 1. The number of imidazole rings is 1. The Hall–Kier alpha value is -1.98. The summed E-state index contributed by atoms with van der Waals surface area (Å²) in [4.78, 5) is 28.7. The maximum Gasteiger partial charge on any atom is 0.287 e. The van der Waals surface area contributed by atoms with Gasteiger partial charge in [-0.05, 0) is 26.3 Å². The Kier molecular flexibility index (Phi) is 7.33. The number of hydrogen-bond donors (Lipinski definition) is 3. The maximum atomic E-state index is 12.3. The highest BCUT2D eigenvalue weighted by atomic mass is 32.2. The first-order valence-electron chi connectivity index (χ1n) is 8.77. The van der Waals surface area contributed by atoms with E-state index in [2.05, 4.69) is 20.3 Å². The average Bonchev–Trinajstić information content (AvgIpc) is 3.07. The minimum Gasteiger partial charge on any atom is -0.379 e. The van der Waals surface area contributed by atoms with Gasteiger partial charge in [0.1, 0.15) is 0 Å². The zero-order valence-corrected chi connectivity index (χ0v) is 16.6. The summed E-state index contributed by atoms with van der Waals surface area (Å²) in [6, 6.07) is -0.215. The van der Waals surface area contributed by atoms with Gasteiger partial charge in [-0.15, -0.1) is 0 Å². The lowest BCUT2D eigenvalue weighted by molar-refractivity contribution is -0.127. The van der Waals surface area contributed by atoms with Gasteiger partial charge in [0.15, 0.2) is 5.82 Å². The van der Waals surface area contributed by atoms with E-state index in [9.17, 15) is 18.0 Å². The van der Waals surface area contributed by atoms with Gasteiger partial charge in [-0.3, -0.25) is 9.59 Å². The lowest BCUT2D eigenvalue weighted by Gasteiger charge is -2.35. The van der Waals surface area contributed by atoms with Gasteiger partial charge < -0.3 is 19.9 Å². The number of amides is 2. The molecule has 3 N–H and O–H groups in total. The second-order valence-corrected chi connectivity index (χ2v) is 8.59. The summed E-state index contributed by atoms with van der Waals surface area (Å²) in [7, 11) is 1.27. The van der Waals surface area contributed by atoms with Gasteiger partial charge in [-0.1, -0.05) is 0 Å². The van der Waals surface area contributed by atoms with E-state index in [1.165, 1.54) is 7.05 Å². The van der Waals surface area contributed by atoms with E-state index in [1.807, 2.05) is 0 Å². The number of aromatic nitrogens is 2. The number of methoxy groups -OCH3 is 1. The Morgan fingerprint density at radius 2 is 2.11 bits per heavy atom. The summed E-state index contributed by atoms with van der Waals surface area (Å²) in [6.45, 7) is 0.0511. The first-order chi connectivity index (χ1) is 12.8. The molecule has 11 heteroatoms. The van der Waals surface area contributed by atoms with Crippen LogP contribution in [0.3, 0.4) is 0 Å². The fraction of sp³-hybridized carbons (Fsp3) is 0.688. The van der Waals surface area contributed by atoms with Crippen molar-refractivity contribution in [1.82, 2.24) is 24.9 Å². The van der Waals surface area contributed by atoms with Crippen LogP contribution in [0.4, 0.5) is 0 Å². The first kappa shape index (κ1) is 21.3. The van der Waals surface area contributed by atoms with Crippen molar-refractivity contribution in [2.75, 3.05) is 26.5 Å². The number of carbonyl (C=O) groups excluding carboxylic acids is 2. The van der Waals surface area contributed by atoms with Crippen molar-refractivity contribution in [1.29, 1.82) is 0 Å². The molecule has 1 saturated carbocycles. The lowest BCUT2D eigenvalue weighted by Crippen LogP contribution is -2.50. The number of rotatable bonds is 8. The molecule has 0 radical (unpaired) electrons. The van der Waals surface area contributed by atoms with E-state index in [0.29, 0.717) is 25.1 Å². The molecule has 0 saturated heterocycles. The van der Waals surface area contributed by atoms with Crippen molar-refractivity contribution < 1.29 is 22.7 Å². The molecule has 1 aliphatic rings. The van der Waals surface area contributed by atoms with Crippen LogP contribution >= 0.6 is 0 Å². The Morgan fingerprint density at radius 1 is 1.37 bits per heavy atom. The SMILES string of the molecule is CNS(=O)(=O)CCNC(=O)[C@H]1CC[C@H](NC(=O)c2nccn2C)[C@@H](OC)C1. The van der Waals surface area contributed by atoms with Crippen LogP contribution in [0, 0.1) is 5.92 Å². The summed E-state index contributed by atoms with van der Waals surface area (Å²) in [5, 5.41) is 5.59. The highest BCUT2D eigenvalue weighted by Crippen LogP contribution is 2.27. The highest BCUT2D eigenvalue weighted by Gasteiger charge is 2.35. The third-order valence-corrected chi connectivity index (χ3v) is 6.15. The number of ether oxygens (including phenoxy) is 1. The number of carbonyl (C=O) groups is 2. The Balaban J connectivity index is 1.87. The smallest absolute Gasteiger partial charge is 0.287 e. The average molecular weight is 401 g/mol. The molecule has 1 aromatic heterocycles. The largest absolute Gasteiger partial charge is 0.379 e. The first-order valence-corrected chi connectivity index (χ1v) is 10.4. The van der Waals surface area contributed by atoms with Gasteiger partial charge in [0.2, 0.25) is 15.9 Å². The molecule has 152 valence electrons. The molecule has 0 aromatic carbocycles. The summed E-state index contributed by atoms with van der Waals surface area (Å²) in [5.74, 6) is -0.617. The molecule has 0 aliphatic heterocycles. The third kappa shape index (κ3) is 5.75. The third-order valence-electron chi connectivity index (χ3n) is 4.79. The molecule has 0 bridgehead atoms. The monoisotopic (exact) mass is 401 g/mol. The number of aryl methyl sites for hydroxylation is 1. The maximum absolute atomic E-state index is 12.3. The molecule has 3 atom stereocenters. The molecule has 1 fully saturated rings. The molecule has 27 heavy (non-hydrogen) atoms. The predicted molar refractivity (Wildman–Crippen MR) is 98.5 cm³/mol. The van der Waals surface area contributed by atoms with Gasteiger partial charge in [-0.2, -0.15) is 0 Å². The molecule has 1 aromatic rings. The number of nitrogens with zero attached hydrogens (tertiary/aromatic N) is 2. The van der Waals surface area contributed by atoms with E-state index in [1.54, 1.807) is 31.1 Å². The number of hydrogen-bond acceptors (Lipinski definition) is 6. The molecule has 0 unspecified atom stereocenters. The normalized spacial score (nSPS) is 23.0. The van der Waals surface area contributed by atoms with E-state index in [0.717, 1.165) is 0 Å². The molecule has 0 spiro atoms. The van der Waals surface area contributed by atoms with Crippen LogP contribution in [0.15, 0.2) is 12.4 Å². The van der Waals surface area contributed by atoms with E-state index < -0.39 is 10.0 Å². The van der Waals surface area contributed by atoms with Gasteiger partial charge in [0.05, 0.1) is 17.9 Å². The lowest BCUT2D eigenvalue weighted by atomic mass is 9.83. The molecule has 1 heterocycles. The fourth-order valence-electron chi connectivity index (χ4n) is 3.17. The minimum atomic E-state index is -3.35. The predicted octanol–water partition coefficient (Wildman–Crippen LogP) is -1.00. The quantitative estimate of drug-likeness (QED) is 0.512. The summed E-state index contributed by atoms with van der Waals surface area (Å²) < 4.78 is 32.1. The second-order valence-electron chi connectivity index (χ2n) is 6.54. The topological polar surface area (TPSA) is 131 Å². The van der Waals surface area contributed by atoms with Crippen molar-refractivity contribution in [3.63, 3.8) is 0 Å². The Labute approximate surface area is 159 Å². The summed E-state index contributed by atoms with van der Waals surface area (Å²) in [5.41, 5.74) is 0. The standard InChI is InChI=1S/C16H27N5O5S/c1-17-27(24,25)9-7-19-15(22)11-4-5-12(13(10-11)26-3)20-16(23)14-18-6-8-21(14)2/h6,8,11-13,17H,4-5,7,9-10H2,1-3H3,(H,19,22)(H,20,23)/t11-,12-,13-/m0/s1. The fourth-order valence-corrected chi connectivity index (χ4v) is 3.74. The van der Waals surface area contributed by atoms with Crippen LogP contribution in [-0.2, 0) is 26.6 Å². The van der Waals surface area contributed by atoms with Crippen molar-refractivity contribution in [2.45, 2.75) is 31.4 Å². The summed E-state index contributed by atoms with van der Waals surface area (Å²) >= 11 is 0. The van der Waals surface area contributed by atoms with Crippen LogP contribution in [0.1, 0.15) is 29.9 Å². The molecule has 2 rings (SSSR count). The van der Waals surface area contributed by atoms with Gasteiger partial charge in [-0.25, -0.2) is 18.1 Å². The highest BCUT2D eigenvalue weighted by molar-refractivity contribution is 7.89. The van der Waals surface area contributed by atoms with Crippen molar-refractivity contribution in [3.8, 4) is 0 Å². The van der Waals surface area contributed by atoms with Crippen LogP contribution in [0.2, 0.25) is 0 Å². The van der Waals surface area contributed by atoms with Crippen molar-refractivity contribution in [3.05, 3.63) is 18.2 Å². The minimum absolute atomic E-state index is 0.0511. The zero-order chi connectivity index (χ0) is 20.0. The van der Waals surface area contributed by atoms with Crippen molar-refractivity contribution >= 4 is 21.8 Å². The molecule has 1 aliphatic carbocycles. The van der Waals surface area contributed by atoms with Gasteiger partial charge in [0.25, 0.3) is 5.91 Å². The van der Waals surface area contributed by atoms with Crippen molar-refractivity contribution in [2.24, 2.45) is 13.0 Å². The molecular weight excluding hydrogens is 374 g/mol. The summed E-state index contributed by atoms with van der Waals surface area (Å²) in [6.07, 6.45) is 4.56. The Morgan fingerprint density at radius 3 is 2.70 bits per heavy atom. The second kappa shape index (κ2) is 9.29. The zero-order valence-electron chi connectivity index (χ0n) is 15.8. The van der Waals surface area contributed by atoms with E-state index in [-0.39, 0.29) is 42.2 Å². The van der Waals surface area contributed by atoms with Crippen LogP contribution in [0.25, 0.3) is 0 Å². The Bertz CT molecular complexity index is 763. The van der Waals surface area contributed by atoms with Gasteiger partial charge in [0, 0.05) is 39.0 Å². The number of nitrogens with one attached hydrogen (secondary N) is 3. The van der Waals surface area contributed by atoms with Crippen LogP contribution in [0.5, 0.6) is 0 Å². The molecule has 2 amide bonds. The van der Waals surface area contributed by atoms with Crippen LogP contribution in [-0.4, -0.2) is 68.4 Å². The van der Waals surface area contributed by atoms with Crippen LogP contribution < -0.4 is 15.4 Å². The van der Waals surface area contributed by atoms with Gasteiger partial charge >= 0.3 is 0 Å².